The predicted molar refractivity (Wildman–Crippen MR) is 134 cm³/mol. The van der Waals surface area contributed by atoms with Crippen LogP contribution >= 0.6 is 0 Å². The predicted octanol–water partition coefficient (Wildman–Crippen LogP) is 5.13. The van der Waals surface area contributed by atoms with Crippen molar-refractivity contribution in [1.29, 1.82) is 0 Å². The van der Waals surface area contributed by atoms with Crippen LogP contribution in [-0.4, -0.2) is 42.5 Å². The van der Waals surface area contributed by atoms with E-state index in [2.05, 4.69) is 33.0 Å². The van der Waals surface area contributed by atoms with E-state index in [4.69, 9.17) is 4.74 Å². The van der Waals surface area contributed by atoms with Crippen molar-refractivity contribution in [1.82, 2.24) is 10.2 Å². The largest absolute Gasteiger partial charge is 0.484 e. The van der Waals surface area contributed by atoms with E-state index < -0.39 is 6.04 Å². The first-order chi connectivity index (χ1) is 15.8. The van der Waals surface area contributed by atoms with Gasteiger partial charge in [0.15, 0.2) is 6.61 Å². The van der Waals surface area contributed by atoms with Gasteiger partial charge in [0, 0.05) is 13.1 Å². The van der Waals surface area contributed by atoms with Crippen LogP contribution in [0, 0.1) is 0 Å². The summed E-state index contributed by atoms with van der Waals surface area (Å²) in [5, 5.41) is 2.99. The maximum Gasteiger partial charge on any atom is 0.261 e. The standard InChI is InChI=1S/C28H40N2O3/c1-6-8-19-29-27(32)25(7-2)30(20-18-22-12-10-9-11-13-22)26(31)21-33-24-16-14-23(15-17-24)28(3,4)5/h9-17,25H,6-8,18-21H2,1-5H3,(H,29,32)/t25-/m0/s1. The van der Waals surface area contributed by atoms with Gasteiger partial charge in [-0.25, -0.2) is 0 Å². The lowest BCUT2D eigenvalue weighted by atomic mass is 9.87. The Kier molecular flexibility index (Phi) is 10.4. The van der Waals surface area contributed by atoms with Gasteiger partial charge in [0.1, 0.15) is 11.8 Å². The number of amides is 2. The average molecular weight is 453 g/mol. The topological polar surface area (TPSA) is 58.6 Å². The van der Waals surface area contributed by atoms with E-state index in [0.29, 0.717) is 31.7 Å². The first-order valence-electron chi connectivity index (χ1n) is 12.1. The number of hydrogen-bond acceptors (Lipinski definition) is 3. The summed E-state index contributed by atoms with van der Waals surface area (Å²) in [6, 6.07) is 17.4. The number of hydrogen-bond donors (Lipinski definition) is 1. The summed E-state index contributed by atoms with van der Waals surface area (Å²) < 4.78 is 5.82. The molecule has 0 saturated carbocycles. The zero-order valence-corrected chi connectivity index (χ0v) is 20.9. The molecule has 0 unspecified atom stereocenters. The monoisotopic (exact) mass is 452 g/mol. The van der Waals surface area contributed by atoms with Crippen molar-refractivity contribution in [2.45, 2.75) is 71.8 Å². The first-order valence-corrected chi connectivity index (χ1v) is 12.1. The molecule has 2 rings (SSSR count). The second-order valence-corrected chi connectivity index (χ2v) is 9.45. The van der Waals surface area contributed by atoms with Gasteiger partial charge < -0.3 is 15.0 Å². The highest BCUT2D eigenvalue weighted by Gasteiger charge is 2.28. The van der Waals surface area contributed by atoms with E-state index >= 15 is 0 Å². The zero-order chi connectivity index (χ0) is 24.3. The van der Waals surface area contributed by atoms with Crippen LogP contribution in [0.5, 0.6) is 5.75 Å². The molecular weight excluding hydrogens is 412 g/mol. The van der Waals surface area contributed by atoms with Crippen LogP contribution in [0.15, 0.2) is 54.6 Å². The molecule has 0 aliphatic heterocycles. The number of benzene rings is 2. The summed E-state index contributed by atoms with van der Waals surface area (Å²) in [6.07, 6.45) is 3.17. The molecule has 1 N–H and O–H groups in total. The fourth-order valence-corrected chi connectivity index (χ4v) is 3.68. The summed E-state index contributed by atoms with van der Waals surface area (Å²) in [5.41, 5.74) is 2.40. The molecule has 2 aromatic rings. The minimum absolute atomic E-state index is 0.0576. The Morgan fingerprint density at radius 2 is 1.67 bits per heavy atom. The maximum absolute atomic E-state index is 13.2. The molecule has 2 amide bonds. The van der Waals surface area contributed by atoms with Crippen LogP contribution in [0.4, 0.5) is 0 Å². The Hall–Kier alpha value is -2.82. The van der Waals surface area contributed by atoms with Crippen LogP contribution < -0.4 is 10.1 Å². The molecule has 0 aliphatic carbocycles. The number of unbranched alkanes of at least 4 members (excludes halogenated alkanes) is 1. The summed E-state index contributed by atoms with van der Waals surface area (Å²) in [4.78, 5) is 27.8. The highest BCUT2D eigenvalue weighted by molar-refractivity contribution is 5.88. The smallest absolute Gasteiger partial charge is 0.261 e. The number of nitrogens with one attached hydrogen (secondary N) is 1. The normalized spacial score (nSPS) is 12.2. The molecule has 33 heavy (non-hydrogen) atoms. The van der Waals surface area contributed by atoms with E-state index in [0.717, 1.165) is 18.4 Å². The molecule has 5 nitrogen and oxygen atoms in total. The van der Waals surface area contributed by atoms with Crippen molar-refractivity contribution in [2.24, 2.45) is 0 Å². The van der Waals surface area contributed by atoms with Crippen LogP contribution in [0.1, 0.15) is 65.0 Å². The minimum atomic E-state index is -0.509. The summed E-state index contributed by atoms with van der Waals surface area (Å²) in [5.74, 6) is 0.380. The molecule has 0 aliphatic rings. The second kappa shape index (κ2) is 13.0. The minimum Gasteiger partial charge on any atom is -0.484 e. The first kappa shape index (κ1) is 26.4. The van der Waals surface area contributed by atoms with E-state index in [1.165, 1.54) is 5.56 Å². The van der Waals surface area contributed by atoms with Crippen molar-refractivity contribution in [3.8, 4) is 5.75 Å². The zero-order valence-electron chi connectivity index (χ0n) is 20.9. The quantitative estimate of drug-likeness (QED) is 0.454. The second-order valence-electron chi connectivity index (χ2n) is 9.45. The molecule has 0 bridgehead atoms. The number of rotatable bonds is 12. The van der Waals surface area contributed by atoms with Gasteiger partial charge in [0.25, 0.3) is 5.91 Å². The van der Waals surface area contributed by atoms with Gasteiger partial charge in [-0.3, -0.25) is 9.59 Å². The molecule has 0 radical (unpaired) electrons. The molecule has 0 aromatic heterocycles. The Bertz CT molecular complexity index is 857. The average Bonchev–Trinajstić information content (AvgIpc) is 2.80. The molecule has 1 atom stereocenters. The number of carbonyl (C=O) groups is 2. The van der Waals surface area contributed by atoms with Crippen molar-refractivity contribution in [2.75, 3.05) is 19.7 Å². The highest BCUT2D eigenvalue weighted by Crippen LogP contribution is 2.24. The van der Waals surface area contributed by atoms with E-state index in [9.17, 15) is 9.59 Å². The third-order valence-electron chi connectivity index (χ3n) is 5.78. The third kappa shape index (κ3) is 8.56. The van der Waals surface area contributed by atoms with Crippen molar-refractivity contribution in [3.05, 3.63) is 65.7 Å². The van der Waals surface area contributed by atoms with Gasteiger partial charge in [-0.1, -0.05) is 83.5 Å². The lowest BCUT2D eigenvalue weighted by Crippen LogP contribution is -2.51. The van der Waals surface area contributed by atoms with Gasteiger partial charge in [-0.05, 0) is 47.9 Å². The summed E-state index contributed by atoms with van der Waals surface area (Å²) in [7, 11) is 0. The molecule has 0 heterocycles. The summed E-state index contributed by atoms with van der Waals surface area (Å²) in [6.45, 7) is 11.5. The fourth-order valence-electron chi connectivity index (χ4n) is 3.68. The number of ether oxygens (including phenoxy) is 1. The molecular formula is C28H40N2O3. The van der Waals surface area contributed by atoms with Crippen LogP contribution in [0.3, 0.4) is 0 Å². The Labute approximate surface area is 199 Å². The lowest BCUT2D eigenvalue weighted by molar-refractivity contribution is -0.142. The molecule has 5 heteroatoms. The SMILES string of the molecule is CCCCNC(=O)[C@H](CC)N(CCc1ccccc1)C(=O)COc1ccc(C(C)(C)C)cc1. The third-order valence-corrected chi connectivity index (χ3v) is 5.78. The highest BCUT2D eigenvalue weighted by atomic mass is 16.5. The van der Waals surface area contributed by atoms with Crippen molar-refractivity contribution in [3.63, 3.8) is 0 Å². The van der Waals surface area contributed by atoms with Crippen molar-refractivity contribution >= 4 is 11.8 Å². The Balaban J connectivity index is 2.09. The van der Waals surface area contributed by atoms with Gasteiger partial charge in [0.2, 0.25) is 5.91 Å². The van der Waals surface area contributed by atoms with Crippen LogP contribution in [0.2, 0.25) is 0 Å². The van der Waals surface area contributed by atoms with Crippen molar-refractivity contribution < 1.29 is 14.3 Å². The molecule has 0 spiro atoms. The summed E-state index contributed by atoms with van der Waals surface area (Å²) >= 11 is 0. The molecule has 2 aromatic carbocycles. The lowest BCUT2D eigenvalue weighted by Gasteiger charge is -2.30. The molecule has 0 saturated heterocycles. The molecule has 180 valence electrons. The maximum atomic E-state index is 13.2. The number of nitrogens with zero attached hydrogens (tertiary/aromatic N) is 1. The van der Waals surface area contributed by atoms with E-state index in [-0.39, 0.29) is 23.8 Å². The van der Waals surface area contributed by atoms with Gasteiger partial charge >= 0.3 is 0 Å². The van der Waals surface area contributed by atoms with E-state index in [1.807, 2.05) is 61.5 Å². The van der Waals surface area contributed by atoms with Crippen LogP contribution in [-0.2, 0) is 21.4 Å². The fraction of sp³-hybridized carbons (Fsp3) is 0.500. The van der Waals surface area contributed by atoms with Gasteiger partial charge in [-0.15, -0.1) is 0 Å². The Morgan fingerprint density at radius 1 is 1.00 bits per heavy atom. The van der Waals surface area contributed by atoms with E-state index in [1.54, 1.807) is 4.90 Å². The van der Waals surface area contributed by atoms with Gasteiger partial charge in [0.05, 0.1) is 0 Å². The molecule has 0 fully saturated rings. The number of carbonyl (C=O) groups excluding carboxylic acids is 2. The Morgan fingerprint density at radius 3 is 2.24 bits per heavy atom. The van der Waals surface area contributed by atoms with Crippen LogP contribution in [0.25, 0.3) is 0 Å². The van der Waals surface area contributed by atoms with Gasteiger partial charge in [-0.2, -0.15) is 0 Å².